The lowest BCUT2D eigenvalue weighted by molar-refractivity contribution is -0.114. The zero-order valence-corrected chi connectivity index (χ0v) is 20.4. The lowest BCUT2D eigenvalue weighted by atomic mass is 10.2. The first-order chi connectivity index (χ1) is 16.5. The van der Waals surface area contributed by atoms with Gasteiger partial charge in [-0.25, -0.2) is 4.79 Å². The number of para-hydroxylation sites is 2. The lowest BCUT2D eigenvalue weighted by Gasteiger charge is -2.05. The van der Waals surface area contributed by atoms with Gasteiger partial charge >= 0.3 is 5.97 Å². The van der Waals surface area contributed by atoms with Gasteiger partial charge in [-0.05, 0) is 37.3 Å². The predicted molar refractivity (Wildman–Crippen MR) is 137 cm³/mol. The molecule has 0 aliphatic heterocycles. The molecule has 0 saturated carbocycles. The van der Waals surface area contributed by atoms with Crippen molar-refractivity contribution in [1.29, 1.82) is 0 Å². The van der Waals surface area contributed by atoms with Crippen LogP contribution in [0.2, 0.25) is 0 Å². The van der Waals surface area contributed by atoms with Crippen molar-refractivity contribution in [2.24, 2.45) is 0 Å². The van der Waals surface area contributed by atoms with E-state index in [-0.39, 0.29) is 29.9 Å². The molecule has 178 valence electrons. The molecule has 0 radical (unpaired) electrons. The maximum Gasteiger partial charge on any atom is 0.341 e. The second kappa shape index (κ2) is 13.5. The van der Waals surface area contributed by atoms with E-state index >= 15 is 0 Å². The van der Waals surface area contributed by atoms with Gasteiger partial charge in [0.15, 0.2) is 0 Å². The van der Waals surface area contributed by atoms with Crippen LogP contribution >= 0.6 is 23.5 Å². The van der Waals surface area contributed by atoms with Gasteiger partial charge < -0.3 is 19.8 Å². The molecule has 0 unspecified atom stereocenters. The van der Waals surface area contributed by atoms with Crippen molar-refractivity contribution in [3.63, 3.8) is 0 Å². The number of furan rings is 1. The quantitative estimate of drug-likeness (QED) is 0.331. The van der Waals surface area contributed by atoms with Crippen LogP contribution in [0.15, 0.2) is 71.1 Å². The minimum Gasteiger partial charge on any atom is -0.463 e. The lowest BCUT2D eigenvalue weighted by Crippen LogP contribution is -2.14. The van der Waals surface area contributed by atoms with E-state index in [9.17, 15) is 14.4 Å². The number of carbonyl (C=O) groups is 3. The summed E-state index contributed by atoms with van der Waals surface area (Å²) < 4.78 is 11.0. The van der Waals surface area contributed by atoms with Crippen molar-refractivity contribution in [3.05, 3.63) is 83.8 Å². The van der Waals surface area contributed by atoms with Crippen LogP contribution in [-0.2, 0) is 25.8 Å². The molecule has 0 fully saturated rings. The molecule has 0 spiro atoms. The summed E-state index contributed by atoms with van der Waals surface area (Å²) in [6.07, 6.45) is 0. The molecule has 0 aliphatic rings. The third kappa shape index (κ3) is 8.31. The molecular formula is C25H26N2O5S2. The molecule has 3 rings (SSSR count). The van der Waals surface area contributed by atoms with E-state index in [0.717, 1.165) is 11.4 Å². The number of esters is 1. The molecule has 0 saturated heterocycles. The third-order valence-corrected chi connectivity index (χ3v) is 6.30. The van der Waals surface area contributed by atoms with Crippen LogP contribution in [-0.4, -0.2) is 35.9 Å². The van der Waals surface area contributed by atoms with E-state index in [1.807, 2.05) is 60.7 Å². The van der Waals surface area contributed by atoms with E-state index in [0.29, 0.717) is 28.6 Å². The predicted octanol–water partition coefficient (Wildman–Crippen LogP) is 5.20. The van der Waals surface area contributed by atoms with E-state index in [4.69, 9.17) is 9.15 Å². The van der Waals surface area contributed by atoms with Gasteiger partial charge in [0.1, 0.15) is 17.1 Å². The van der Waals surface area contributed by atoms with E-state index < -0.39 is 5.97 Å². The standard InChI is InChI=1S/C25H26N2O5S2/c1-2-31-25(30)21-13-20(14-33-16-23(28)26-18-9-5-3-6-10-18)32-22(21)15-34-17-24(29)27-19-11-7-4-8-12-19/h3-13H,2,14-17H2,1H3,(H,26,28)(H,27,29). The fraction of sp³-hybridized carbons (Fsp3) is 0.240. The third-order valence-electron chi connectivity index (χ3n) is 4.41. The minimum absolute atomic E-state index is 0.117. The molecular weight excluding hydrogens is 472 g/mol. The summed E-state index contributed by atoms with van der Waals surface area (Å²) in [7, 11) is 0. The Bertz CT molecular complexity index is 1090. The summed E-state index contributed by atoms with van der Waals surface area (Å²) in [5.74, 6) is 1.53. The Morgan fingerprint density at radius 1 is 0.824 bits per heavy atom. The number of benzene rings is 2. The first-order valence-corrected chi connectivity index (χ1v) is 13.0. The highest BCUT2D eigenvalue weighted by Gasteiger charge is 2.20. The van der Waals surface area contributed by atoms with Crippen LogP contribution in [0.25, 0.3) is 0 Å². The van der Waals surface area contributed by atoms with Crippen LogP contribution in [0.3, 0.4) is 0 Å². The second-order valence-electron chi connectivity index (χ2n) is 7.08. The summed E-state index contributed by atoms with van der Waals surface area (Å²) in [5, 5.41) is 5.65. The number of hydrogen-bond acceptors (Lipinski definition) is 7. The van der Waals surface area contributed by atoms with Crippen LogP contribution in [0, 0.1) is 0 Å². The molecule has 7 nitrogen and oxygen atoms in total. The van der Waals surface area contributed by atoms with Crippen LogP contribution < -0.4 is 10.6 Å². The highest BCUT2D eigenvalue weighted by Crippen LogP contribution is 2.25. The van der Waals surface area contributed by atoms with Gasteiger partial charge in [0, 0.05) is 11.4 Å². The molecule has 0 aliphatic carbocycles. The number of nitrogens with one attached hydrogen (secondary N) is 2. The molecule has 2 N–H and O–H groups in total. The molecule has 2 amide bonds. The van der Waals surface area contributed by atoms with Gasteiger partial charge in [-0.1, -0.05) is 36.4 Å². The van der Waals surface area contributed by atoms with Gasteiger partial charge in [-0.15, -0.1) is 23.5 Å². The summed E-state index contributed by atoms with van der Waals surface area (Å²) in [4.78, 5) is 36.7. The van der Waals surface area contributed by atoms with Gasteiger partial charge in [0.05, 0.1) is 29.6 Å². The topological polar surface area (TPSA) is 97.6 Å². The Morgan fingerprint density at radius 2 is 1.35 bits per heavy atom. The number of amides is 2. The number of rotatable bonds is 12. The van der Waals surface area contributed by atoms with Crippen molar-refractivity contribution < 1.29 is 23.5 Å². The highest BCUT2D eigenvalue weighted by atomic mass is 32.2. The van der Waals surface area contributed by atoms with Crippen LogP contribution in [0.4, 0.5) is 11.4 Å². The molecule has 1 aromatic heterocycles. The fourth-order valence-corrected chi connectivity index (χ4v) is 4.42. The van der Waals surface area contributed by atoms with Crippen molar-refractivity contribution in [2.75, 3.05) is 28.7 Å². The average molecular weight is 499 g/mol. The zero-order chi connectivity index (χ0) is 24.2. The maximum absolute atomic E-state index is 12.4. The van der Waals surface area contributed by atoms with Crippen molar-refractivity contribution in [3.8, 4) is 0 Å². The zero-order valence-electron chi connectivity index (χ0n) is 18.7. The molecule has 34 heavy (non-hydrogen) atoms. The van der Waals surface area contributed by atoms with Gasteiger partial charge in [0.25, 0.3) is 0 Å². The molecule has 0 bridgehead atoms. The number of ether oxygens (including phenoxy) is 1. The van der Waals surface area contributed by atoms with E-state index in [2.05, 4.69) is 10.6 Å². The number of thioether (sulfide) groups is 2. The molecule has 3 aromatic rings. The molecule has 2 aromatic carbocycles. The van der Waals surface area contributed by atoms with Crippen molar-refractivity contribution in [1.82, 2.24) is 0 Å². The normalized spacial score (nSPS) is 10.5. The molecule has 1 heterocycles. The SMILES string of the molecule is CCOC(=O)c1cc(CSCC(=O)Nc2ccccc2)oc1CSCC(=O)Nc1ccccc1. The maximum atomic E-state index is 12.4. The second-order valence-corrected chi connectivity index (χ2v) is 9.06. The van der Waals surface area contributed by atoms with E-state index in [1.165, 1.54) is 23.5 Å². The van der Waals surface area contributed by atoms with E-state index in [1.54, 1.807) is 13.0 Å². The van der Waals surface area contributed by atoms with Gasteiger partial charge in [-0.2, -0.15) is 0 Å². The average Bonchev–Trinajstić information content (AvgIpc) is 3.23. The molecule has 0 atom stereocenters. The number of anilines is 2. The largest absolute Gasteiger partial charge is 0.463 e. The van der Waals surface area contributed by atoms with Crippen LogP contribution in [0.5, 0.6) is 0 Å². The first kappa shape index (κ1) is 25.5. The summed E-state index contributed by atoms with van der Waals surface area (Å²) in [6, 6.07) is 20.1. The first-order valence-electron chi connectivity index (χ1n) is 10.7. The van der Waals surface area contributed by atoms with Crippen LogP contribution in [0.1, 0.15) is 28.8 Å². The molecule has 9 heteroatoms. The van der Waals surface area contributed by atoms with Gasteiger partial charge in [0.2, 0.25) is 11.8 Å². The smallest absolute Gasteiger partial charge is 0.341 e. The van der Waals surface area contributed by atoms with Crippen molar-refractivity contribution in [2.45, 2.75) is 18.4 Å². The summed E-state index contributed by atoms with van der Waals surface area (Å²) in [5.41, 5.74) is 1.82. The van der Waals surface area contributed by atoms with Gasteiger partial charge in [-0.3, -0.25) is 9.59 Å². The highest BCUT2D eigenvalue weighted by molar-refractivity contribution is 7.99. The Balaban J connectivity index is 1.51. The number of carbonyl (C=O) groups excluding carboxylic acids is 3. The van der Waals surface area contributed by atoms with Crippen molar-refractivity contribution >= 4 is 52.7 Å². The Labute approximate surface area is 207 Å². The monoisotopic (exact) mass is 498 g/mol. The number of hydrogen-bond donors (Lipinski definition) is 2. The Hall–Kier alpha value is -3.17. The summed E-state index contributed by atoms with van der Waals surface area (Å²) >= 11 is 2.72. The minimum atomic E-state index is -0.464. The fourth-order valence-electron chi connectivity index (χ4n) is 2.96. The summed E-state index contributed by atoms with van der Waals surface area (Å²) in [6.45, 7) is 1.99. The Morgan fingerprint density at radius 3 is 1.88 bits per heavy atom. The Kier molecular flexibility index (Phi) is 10.1.